The molecule has 192 valence electrons. The Morgan fingerprint density at radius 1 is 1.11 bits per heavy atom. The summed E-state index contributed by atoms with van der Waals surface area (Å²) in [5, 5.41) is 11.8. The molecule has 1 fully saturated rings. The van der Waals surface area contributed by atoms with Crippen LogP contribution >= 0.6 is 11.3 Å². The maximum absolute atomic E-state index is 13.9. The molecule has 0 aliphatic carbocycles. The van der Waals surface area contributed by atoms with E-state index in [1.54, 1.807) is 24.3 Å². The molecule has 0 saturated carbocycles. The SMILES string of the molecule is CC(C)c1ccc([C@H]2C(=C(O)c3ccc4c(c3)C[C@H](C)O4)C(=O)C(=O)N2c2nc3ccc(F)cc3s2)cc1. The minimum atomic E-state index is -0.898. The number of aliphatic hydroxyl groups excluding tert-OH is 1. The molecular weight excluding hydrogens is 503 g/mol. The van der Waals surface area contributed by atoms with Crippen molar-refractivity contribution in [2.75, 3.05) is 4.90 Å². The molecule has 0 radical (unpaired) electrons. The highest BCUT2D eigenvalue weighted by Gasteiger charge is 2.48. The Morgan fingerprint density at radius 3 is 2.61 bits per heavy atom. The molecule has 2 atom stereocenters. The predicted molar refractivity (Wildman–Crippen MR) is 145 cm³/mol. The molecule has 1 aromatic heterocycles. The smallest absolute Gasteiger partial charge is 0.301 e. The second-order valence-electron chi connectivity index (χ2n) is 10.1. The van der Waals surface area contributed by atoms with Gasteiger partial charge in [0, 0.05) is 12.0 Å². The highest BCUT2D eigenvalue weighted by Crippen LogP contribution is 2.45. The van der Waals surface area contributed by atoms with Gasteiger partial charge >= 0.3 is 5.91 Å². The Kier molecular flexibility index (Phi) is 5.79. The van der Waals surface area contributed by atoms with E-state index in [4.69, 9.17) is 4.74 Å². The van der Waals surface area contributed by atoms with Gasteiger partial charge in [0.15, 0.2) is 5.13 Å². The van der Waals surface area contributed by atoms with E-state index in [0.29, 0.717) is 33.7 Å². The molecule has 1 amide bonds. The number of rotatable bonds is 4. The quantitative estimate of drug-likeness (QED) is 0.186. The molecule has 3 heterocycles. The third kappa shape index (κ3) is 3.96. The van der Waals surface area contributed by atoms with Gasteiger partial charge in [-0.05, 0) is 65.9 Å². The van der Waals surface area contributed by atoms with E-state index in [2.05, 4.69) is 18.8 Å². The summed E-state index contributed by atoms with van der Waals surface area (Å²) < 4.78 is 20.2. The lowest BCUT2D eigenvalue weighted by atomic mass is 9.93. The van der Waals surface area contributed by atoms with Crippen molar-refractivity contribution in [1.29, 1.82) is 0 Å². The highest BCUT2D eigenvalue weighted by atomic mass is 32.1. The van der Waals surface area contributed by atoms with Gasteiger partial charge in [-0.25, -0.2) is 9.37 Å². The number of carbonyl (C=O) groups is 2. The largest absolute Gasteiger partial charge is 0.507 e. The van der Waals surface area contributed by atoms with Crippen molar-refractivity contribution in [3.8, 4) is 5.75 Å². The van der Waals surface area contributed by atoms with Crippen LogP contribution in [0, 0.1) is 5.82 Å². The number of fused-ring (bicyclic) bond motifs is 2. The maximum atomic E-state index is 13.9. The van der Waals surface area contributed by atoms with Crippen LogP contribution in [-0.4, -0.2) is 27.9 Å². The lowest BCUT2D eigenvalue weighted by molar-refractivity contribution is -0.132. The summed E-state index contributed by atoms with van der Waals surface area (Å²) in [6.07, 6.45) is 0.712. The molecule has 0 bridgehead atoms. The average molecular weight is 529 g/mol. The summed E-state index contributed by atoms with van der Waals surface area (Å²) in [5.74, 6) is -1.20. The number of aromatic nitrogens is 1. The first-order valence-corrected chi connectivity index (χ1v) is 13.3. The van der Waals surface area contributed by atoms with Crippen LogP contribution in [0.4, 0.5) is 9.52 Å². The van der Waals surface area contributed by atoms with Gasteiger partial charge in [0.1, 0.15) is 23.4 Å². The molecule has 6 nitrogen and oxygen atoms in total. The zero-order valence-corrected chi connectivity index (χ0v) is 21.9. The molecule has 8 heteroatoms. The number of ketones is 1. The van der Waals surface area contributed by atoms with Crippen molar-refractivity contribution < 1.29 is 23.8 Å². The van der Waals surface area contributed by atoms with Gasteiger partial charge in [-0.2, -0.15) is 0 Å². The van der Waals surface area contributed by atoms with Crippen molar-refractivity contribution in [1.82, 2.24) is 4.98 Å². The number of hydrogen-bond donors (Lipinski definition) is 1. The minimum absolute atomic E-state index is 0.00959. The highest BCUT2D eigenvalue weighted by molar-refractivity contribution is 7.22. The van der Waals surface area contributed by atoms with E-state index in [-0.39, 0.29) is 22.6 Å². The Morgan fingerprint density at radius 2 is 1.87 bits per heavy atom. The van der Waals surface area contributed by atoms with Crippen LogP contribution in [-0.2, 0) is 16.0 Å². The topological polar surface area (TPSA) is 79.7 Å². The van der Waals surface area contributed by atoms with Crippen LogP contribution < -0.4 is 9.64 Å². The number of Topliss-reactive ketones (excluding diaryl/α,β-unsaturated/α-hetero) is 1. The van der Waals surface area contributed by atoms with Crippen LogP contribution in [0.2, 0.25) is 0 Å². The number of carbonyl (C=O) groups excluding carboxylic acids is 2. The Balaban J connectivity index is 1.53. The summed E-state index contributed by atoms with van der Waals surface area (Å²) >= 11 is 1.13. The molecule has 38 heavy (non-hydrogen) atoms. The zero-order valence-electron chi connectivity index (χ0n) is 21.1. The summed E-state index contributed by atoms with van der Waals surface area (Å²) in [6.45, 7) is 6.13. The molecule has 4 aromatic rings. The van der Waals surface area contributed by atoms with Crippen molar-refractivity contribution >= 4 is 44.1 Å². The molecule has 3 aromatic carbocycles. The van der Waals surface area contributed by atoms with Crippen LogP contribution in [0.25, 0.3) is 16.0 Å². The lowest BCUT2D eigenvalue weighted by Gasteiger charge is -2.23. The number of nitrogens with zero attached hydrogens (tertiary/aromatic N) is 2. The minimum Gasteiger partial charge on any atom is -0.507 e. The number of ether oxygens (including phenoxy) is 1. The Labute approximate surface area is 223 Å². The van der Waals surface area contributed by atoms with Crippen LogP contribution in [0.3, 0.4) is 0 Å². The Hall–Kier alpha value is -4.04. The lowest BCUT2D eigenvalue weighted by Crippen LogP contribution is -2.29. The van der Waals surface area contributed by atoms with Crippen molar-refractivity contribution in [2.45, 2.75) is 45.3 Å². The second kappa shape index (κ2) is 9.06. The van der Waals surface area contributed by atoms with Gasteiger partial charge in [-0.1, -0.05) is 49.4 Å². The molecule has 0 unspecified atom stereocenters. The second-order valence-corrected chi connectivity index (χ2v) is 11.1. The molecule has 1 N–H and O–H groups in total. The number of amides is 1. The molecule has 0 spiro atoms. The van der Waals surface area contributed by atoms with E-state index >= 15 is 0 Å². The standard InChI is InChI=1S/C30H25FN2O4S/c1-15(2)17-4-6-18(7-5-17)26-25(27(34)19-8-11-23-20(13-19)12-16(3)37-23)28(35)29(36)33(26)30-32-22-10-9-21(31)14-24(22)38-30/h4-11,13-16,26,34H,12H2,1-3H3/t16-,26-/m0/s1. The fraction of sp³-hybridized carbons (Fsp3) is 0.233. The zero-order chi connectivity index (χ0) is 26.7. The monoisotopic (exact) mass is 528 g/mol. The van der Waals surface area contributed by atoms with E-state index in [1.165, 1.54) is 17.0 Å². The third-order valence-corrected chi connectivity index (χ3v) is 8.10. The van der Waals surface area contributed by atoms with Crippen molar-refractivity contribution in [2.24, 2.45) is 0 Å². The predicted octanol–water partition coefficient (Wildman–Crippen LogP) is 6.51. The van der Waals surface area contributed by atoms with E-state index in [0.717, 1.165) is 28.2 Å². The maximum Gasteiger partial charge on any atom is 0.301 e. The number of hydrogen-bond acceptors (Lipinski definition) is 6. The van der Waals surface area contributed by atoms with Gasteiger partial charge < -0.3 is 9.84 Å². The van der Waals surface area contributed by atoms with Gasteiger partial charge in [-0.3, -0.25) is 14.5 Å². The van der Waals surface area contributed by atoms with Gasteiger partial charge in [-0.15, -0.1) is 0 Å². The van der Waals surface area contributed by atoms with Crippen LogP contribution in [0.1, 0.15) is 55.0 Å². The van der Waals surface area contributed by atoms with E-state index < -0.39 is 23.5 Å². The average Bonchev–Trinajstić information content (AvgIpc) is 3.55. The van der Waals surface area contributed by atoms with Crippen molar-refractivity contribution in [3.05, 3.63) is 94.3 Å². The first-order chi connectivity index (χ1) is 18.2. The molecule has 6 rings (SSSR count). The molecule has 2 aliphatic rings. The first kappa shape index (κ1) is 24.3. The number of anilines is 1. The summed E-state index contributed by atoms with van der Waals surface area (Å²) in [6, 6.07) is 16.2. The molecule has 2 aliphatic heterocycles. The normalized spacial score (nSPS) is 20.4. The van der Waals surface area contributed by atoms with Crippen LogP contribution in [0.5, 0.6) is 5.75 Å². The first-order valence-electron chi connectivity index (χ1n) is 12.5. The number of benzene rings is 3. The summed E-state index contributed by atoms with van der Waals surface area (Å²) in [5.41, 5.74) is 3.66. The van der Waals surface area contributed by atoms with Crippen molar-refractivity contribution in [3.63, 3.8) is 0 Å². The van der Waals surface area contributed by atoms with Gasteiger partial charge in [0.2, 0.25) is 0 Å². The summed E-state index contributed by atoms with van der Waals surface area (Å²) in [7, 11) is 0. The fourth-order valence-corrected chi connectivity index (χ4v) is 6.14. The molecule has 1 saturated heterocycles. The fourth-order valence-electron chi connectivity index (χ4n) is 5.12. The van der Waals surface area contributed by atoms with Gasteiger partial charge in [0.25, 0.3) is 5.78 Å². The third-order valence-electron chi connectivity index (χ3n) is 7.08. The van der Waals surface area contributed by atoms with E-state index in [9.17, 15) is 19.1 Å². The van der Waals surface area contributed by atoms with E-state index in [1.807, 2.05) is 31.2 Å². The summed E-state index contributed by atoms with van der Waals surface area (Å²) in [4.78, 5) is 32.9. The molecular formula is C30H25FN2O4S. The number of halogens is 1. The van der Waals surface area contributed by atoms with Crippen LogP contribution in [0.15, 0.2) is 66.2 Å². The number of aliphatic hydroxyl groups is 1. The Bertz CT molecular complexity index is 1640. The number of thiazole rings is 1. The van der Waals surface area contributed by atoms with Gasteiger partial charge in [0.05, 0.1) is 21.8 Å².